The molecule has 0 aromatic heterocycles. The molecule has 1 saturated heterocycles. The number of nitrogens with zero attached hydrogens (tertiary/aromatic N) is 1. The van der Waals surface area contributed by atoms with E-state index in [1.807, 2.05) is 7.05 Å². The SMILES string of the molecule is CN1CC[C@]23c4c5ccc(O)c4O[C@H]2C(OC(=O)C[C@H](O)C(=O)O[C@H](CC(=O)O)C(=O)O)=CC[C@@]3(O)[C@H]1C5. The van der Waals surface area contributed by atoms with Gasteiger partial charge in [0, 0.05) is 18.0 Å². The summed E-state index contributed by atoms with van der Waals surface area (Å²) in [7, 11) is 1.93. The molecule has 0 unspecified atom stereocenters. The molecule has 2 heterocycles. The number of hydrogen-bond acceptors (Lipinski definition) is 11. The molecule has 2 bridgehead atoms. The number of aromatic hydroxyl groups is 1. The number of benzene rings is 1. The maximum Gasteiger partial charge on any atom is 0.345 e. The van der Waals surface area contributed by atoms with Crippen molar-refractivity contribution in [2.45, 2.75) is 67.5 Å². The largest absolute Gasteiger partial charge is 0.504 e. The Morgan fingerprint density at radius 2 is 1.95 bits per heavy atom. The first kappa shape index (κ1) is 25.9. The van der Waals surface area contributed by atoms with Gasteiger partial charge in [0.05, 0.1) is 23.9 Å². The summed E-state index contributed by atoms with van der Waals surface area (Å²) in [5.41, 5.74) is -0.662. The normalized spacial score (nSPS) is 30.2. The van der Waals surface area contributed by atoms with E-state index in [1.165, 1.54) is 12.1 Å². The molecule has 0 radical (unpaired) electrons. The van der Waals surface area contributed by atoms with Gasteiger partial charge in [0.2, 0.25) is 6.10 Å². The van der Waals surface area contributed by atoms with Gasteiger partial charge < -0.3 is 44.6 Å². The lowest BCUT2D eigenvalue weighted by molar-refractivity contribution is -0.176. The fourth-order valence-corrected chi connectivity index (χ4v) is 6.41. The number of carbonyl (C=O) groups excluding carboxylic acids is 2. The first-order valence-corrected chi connectivity index (χ1v) is 12.1. The Bertz CT molecular complexity index is 1260. The van der Waals surface area contributed by atoms with Crippen LogP contribution in [0.2, 0.25) is 0 Å². The van der Waals surface area contributed by atoms with Crippen molar-refractivity contribution in [2.24, 2.45) is 0 Å². The summed E-state index contributed by atoms with van der Waals surface area (Å²) in [6.07, 6.45) is -4.40. The number of aliphatic hydroxyl groups excluding tert-OH is 1. The standard InChI is InChI=1S/C25H27NO12/c1-26-7-6-24-19-11-2-3-12(27)20(19)38-21(24)14(4-5-25(24,35)16(26)8-11)36-18(31)9-13(28)23(34)37-15(22(32)33)10-17(29)30/h2-4,13,15-16,21,27-28,35H,5-10H2,1H3,(H,29,30)(H,32,33)/t13-,15+,16+,21-,24-,25+/m0/s1. The monoisotopic (exact) mass is 533 g/mol. The van der Waals surface area contributed by atoms with Crippen molar-refractivity contribution in [1.29, 1.82) is 0 Å². The highest BCUT2D eigenvalue weighted by molar-refractivity contribution is 5.86. The summed E-state index contributed by atoms with van der Waals surface area (Å²) in [5, 5.41) is 50.5. The van der Waals surface area contributed by atoms with E-state index in [9.17, 15) is 34.5 Å². The van der Waals surface area contributed by atoms with Gasteiger partial charge in [-0.05, 0) is 44.1 Å². The van der Waals surface area contributed by atoms with E-state index in [-0.39, 0.29) is 29.7 Å². The Morgan fingerprint density at radius 3 is 2.63 bits per heavy atom. The molecule has 5 rings (SSSR count). The van der Waals surface area contributed by atoms with E-state index >= 15 is 0 Å². The molecule has 2 aliphatic carbocycles. The number of likely N-dealkylation sites (tertiary alicyclic amines) is 1. The van der Waals surface area contributed by atoms with E-state index in [0.717, 1.165) is 5.56 Å². The second kappa shape index (κ2) is 8.96. The molecule has 204 valence electrons. The average Bonchev–Trinajstić information content (AvgIpc) is 3.20. The molecule has 5 N–H and O–H groups in total. The number of hydrogen-bond donors (Lipinski definition) is 5. The zero-order valence-electron chi connectivity index (χ0n) is 20.3. The van der Waals surface area contributed by atoms with Crippen LogP contribution in [0.1, 0.15) is 36.8 Å². The molecule has 13 nitrogen and oxygen atoms in total. The fraction of sp³-hybridized carbons (Fsp3) is 0.520. The van der Waals surface area contributed by atoms with E-state index in [0.29, 0.717) is 24.9 Å². The van der Waals surface area contributed by atoms with Crippen molar-refractivity contribution in [1.82, 2.24) is 4.90 Å². The molecule has 2 aliphatic heterocycles. The topological polar surface area (TPSA) is 200 Å². The number of piperidine rings is 1. The van der Waals surface area contributed by atoms with Gasteiger partial charge >= 0.3 is 23.9 Å². The molecule has 13 heteroatoms. The smallest absolute Gasteiger partial charge is 0.345 e. The molecule has 38 heavy (non-hydrogen) atoms. The van der Waals surface area contributed by atoms with Crippen LogP contribution in [-0.4, -0.2) is 97.9 Å². The zero-order valence-corrected chi connectivity index (χ0v) is 20.3. The van der Waals surface area contributed by atoms with Crippen LogP contribution in [0.5, 0.6) is 11.5 Å². The predicted molar refractivity (Wildman–Crippen MR) is 123 cm³/mol. The highest BCUT2D eigenvalue weighted by Crippen LogP contribution is 2.65. The van der Waals surface area contributed by atoms with Gasteiger partial charge in [0.1, 0.15) is 5.76 Å². The van der Waals surface area contributed by atoms with Crippen molar-refractivity contribution in [3.05, 3.63) is 35.1 Å². The molecule has 0 amide bonds. The van der Waals surface area contributed by atoms with E-state index in [2.05, 4.69) is 9.64 Å². The number of esters is 2. The minimum absolute atomic E-state index is 0.0567. The van der Waals surface area contributed by atoms with Gasteiger partial charge in [-0.25, -0.2) is 9.59 Å². The molecule has 1 spiro atoms. The van der Waals surface area contributed by atoms with Crippen LogP contribution < -0.4 is 4.74 Å². The number of carboxylic acids is 2. The maximum absolute atomic E-state index is 12.7. The Balaban J connectivity index is 1.36. The van der Waals surface area contributed by atoms with Crippen molar-refractivity contribution in [3.8, 4) is 11.5 Å². The van der Waals surface area contributed by atoms with Crippen LogP contribution in [0, 0.1) is 0 Å². The number of phenolic OH excluding ortho intramolecular Hbond substituents is 1. The van der Waals surface area contributed by atoms with E-state index < -0.39 is 66.0 Å². The minimum atomic E-state index is -2.11. The third-order valence-electron chi connectivity index (χ3n) is 8.11. The number of aliphatic carboxylic acids is 2. The summed E-state index contributed by atoms with van der Waals surface area (Å²) in [4.78, 5) is 48.8. The van der Waals surface area contributed by atoms with Crippen LogP contribution in [0.4, 0.5) is 0 Å². The first-order chi connectivity index (χ1) is 17.9. The fourth-order valence-electron chi connectivity index (χ4n) is 6.41. The molecule has 4 aliphatic rings. The highest BCUT2D eigenvalue weighted by Gasteiger charge is 2.72. The van der Waals surface area contributed by atoms with Gasteiger partial charge in [-0.3, -0.25) is 9.59 Å². The van der Waals surface area contributed by atoms with Crippen LogP contribution in [0.25, 0.3) is 0 Å². The van der Waals surface area contributed by atoms with Crippen LogP contribution in [0.15, 0.2) is 24.0 Å². The molecular formula is C25H27NO12. The molecule has 6 atom stereocenters. The van der Waals surface area contributed by atoms with Crippen molar-refractivity contribution in [3.63, 3.8) is 0 Å². The van der Waals surface area contributed by atoms with E-state index in [4.69, 9.17) is 19.7 Å². The van der Waals surface area contributed by atoms with Crippen LogP contribution in [0.3, 0.4) is 0 Å². The van der Waals surface area contributed by atoms with Crippen molar-refractivity contribution < 1.29 is 58.9 Å². The first-order valence-electron chi connectivity index (χ1n) is 12.1. The maximum atomic E-state index is 12.7. The second-order valence-corrected chi connectivity index (χ2v) is 10.2. The minimum Gasteiger partial charge on any atom is -0.504 e. The zero-order chi connectivity index (χ0) is 27.6. The number of ether oxygens (including phenoxy) is 3. The van der Waals surface area contributed by atoms with Crippen LogP contribution in [-0.2, 0) is 40.5 Å². The van der Waals surface area contributed by atoms with Gasteiger partial charge in [0.25, 0.3) is 0 Å². The Hall–Kier alpha value is -3.68. The number of likely N-dealkylation sites (N-methyl/N-ethyl adjacent to an activating group) is 1. The third kappa shape index (κ3) is 3.72. The summed E-state index contributed by atoms with van der Waals surface area (Å²) in [6.45, 7) is 0.619. The Kier molecular flexibility index (Phi) is 6.12. The molecular weight excluding hydrogens is 506 g/mol. The van der Waals surface area contributed by atoms with Gasteiger partial charge in [-0.1, -0.05) is 6.07 Å². The molecule has 1 fully saturated rings. The van der Waals surface area contributed by atoms with Gasteiger partial charge in [-0.15, -0.1) is 0 Å². The lowest BCUT2D eigenvalue weighted by Crippen LogP contribution is -2.74. The number of phenols is 1. The second-order valence-electron chi connectivity index (χ2n) is 10.2. The Morgan fingerprint density at radius 1 is 1.21 bits per heavy atom. The van der Waals surface area contributed by atoms with Crippen molar-refractivity contribution in [2.75, 3.05) is 13.6 Å². The molecule has 1 aromatic carbocycles. The molecule has 0 saturated carbocycles. The lowest BCUT2D eigenvalue weighted by Gasteiger charge is -2.61. The summed E-state index contributed by atoms with van der Waals surface area (Å²) in [6, 6.07) is 3.08. The lowest BCUT2D eigenvalue weighted by atomic mass is 9.50. The third-order valence-corrected chi connectivity index (χ3v) is 8.11. The summed E-state index contributed by atoms with van der Waals surface area (Å²) in [5.74, 6) is -5.64. The van der Waals surface area contributed by atoms with Crippen molar-refractivity contribution >= 4 is 23.9 Å². The summed E-state index contributed by atoms with van der Waals surface area (Å²) >= 11 is 0. The molecule has 1 aromatic rings. The summed E-state index contributed by atoms with van der Waals surface area (Å²) < 4.78 is 16.2. The predicted octanol–water partition coefficient (Wildman–Crippen LogP) is -0.565. The number of rotatable bonds is 8. The van der Waals surface area contributed by atoms with Crippen LogP contribution >= 0.6 is 0 Å². The highest BCUT2D eigenvalue weighted by atomic mass is 16.6. The average molecular weight is 533 g/mol. The van der Waals surface area contributed by atoms with E-state index in [1.54, 1.807) is 6.07 Å². The number of carbonyl (C=O) groups is 4. The van der Waals surface area contributed by atoms with Gasteiger partial charge in [0.15, 0.2) is 23.7 Å². The quantitative estimate of drug-likeness (QED) is 0.266. The van der Waals surface area contributed by atoms with Gasteiger partial charge in [-0.2, -0.15) is 0 Å². The number of carboxylic acid groups (broad SMARTS) is 2. The Labute approximate surface area is 215 Å². The number of aliphatic hydroxyl groups is 2.